The predicted molar refractivity (Wildman–Crippen MR) is 108 cm³/mol. The summed E-state index contributed by atoms with van der Waals surface area (Å²) in [5.41, 5.74) is 0.793. The van der Waals surface area contributed by atoms with E-state index in [1.807, 2.05) is 59.7 Å². The van der Waals surface area contributed by atoms with Crippen LogP contribution in [-0.4, -0.2) is 55.8 Å². The van der Waals surface area contributed by atoms with Gasteiger partial charge >= 0.3 is 0 Å². The highest BCUT2D eigenvalue weighted by molar-refractivity contribution is 7.88. The fraction of sp³-hybridized carbons (Fsp3) is 0.421. The van der Waals surface area contributed by atoms with E-state index in [9.17, 15) is 13.2 Å². The van der Waals surface area contributed by atoms with Crippen LogP contribution >= 0.6 is 11.3 Å². The summed E-state index contributed by atoms with van der Waals surface area (Å²) in [6, 6.07) is 12.9. The summed E-state index contributed by atoms with van der Waals surface area (Å²) in [4.78, 5) is 15.5. The third-order valence-corrected chi connectivity index (χ3v) is 7.53. The van der Waals surface area contributed by atoms with Crippen LogP contribution in [0.3, 0.4) is 0 Å². The fourth-order valence-corrected chi connectivity index (χ4v) is 5.31. The minimum atomic E-state index is -3.34. The Hall–Kier alpha value is -1.74. The van der Waals surface area contributed by atoms with Gasteiger partial charge in [0.2, 0.25) is 15.9 Å². The van der Waals surface area contributed by atoms with Gasteiger partial charge in [-0.1, -0.05) is 36.4 Å². The number of sulfonamides is 1. The summed E-state index contributed by atoms with van der Waals surface area (Å²) in [7, 11) is -3.34. The van der Waals surface area contributed by atoms with Crippen molar-refractivity contribution in [1.29, 1.82) is 0 Å². The maximum absolute atomic E-state index is 12.6. The Morgan fingerprint density at radius 3 is 2.44 bits per heavy atom. The van der Waals surface area contributed by atoms with E-state index in [2.05, 4.69) is 5.32 Å². The van der Waals surface area contributed by atoms with Crippen LogP contribution in [0.15, 0.2) is 47.8 Å². The molecule has 1 amide bonds. The number of nitrogens with zero attached hydrogens (tertiary/aromatic N) is 2. The molecule has 6 nitrogen and oxygen atoms in total. The summed E-state index contributed by atoms with van der Waals surface area (Å²) >= 11 is 1.61. The molecular formula is C19H25N3O3S2. The molecule has 27 heavy (non-hydrogen) atoms. The van der Waals surface area contributed by atoms with Crippen molar-refractivity contribution >= 4 is 27.3 Å². The number of piperazine rings is 1. The van der Waals surface area contributed by atoms with Crippen LogP contribution in [-0.2, 0) is 27.1 Å². The van der Waals surface area contributed by atoms with Crippen LogP contribution in [0, 0.1) is 0 Å². The standard InChI is InChI=1S/C19H25N3O3S2/c1-16(19(23)20-14-18-8-5-13-26-18)21-9-11-22(12-10-21)27(24,25)15-17-6-3-2-4-7-17/h2-8,13,16H,9-12,14-15H2,1H3,(H,20,23). The van der Waals surface area contributed by atoms with E-state index < -0.39 is 10.0 Å². The average Bonchev–Trinajstić information content (AvgIpc) is 3.20. The third-order valence-electron chi connectivity index (χ3n) is 4.80. The van der Waals surface area contributed by atoms with Gasteiger partial charge in [0, 0.05) is 31.1 Å². The normalized spacial score (nSPS) is 17.5. The van der Waals surface area contributed by atoms with E-state index in [1.165, 1.54) is 4.31 Å². The van der Waals surface area contributed by atoms with Crippen molar-refractivity contribution in [3.05, 3.63) is 58.3 Å². The number of benzene rings is 1. The van der Waals surface area contributed by atoms with Crippen LogP contribution in [0.4, 0.5) is 0 Å². The van der Waals surface area contributed by atoms with Crippen LogP contribution in [0.1, 0.15) is 17.4 Å². The van der Waals surface area contributed by atoms with Gasteiger partial charge in [-0.3, -0.25) is 9.69 Å². The van der Waals surface area contributed by atoms with E-state index in [1.54, 1.807) is 11.3 Å². The van der Waals surface area contributed by atoms with E-state index in [-0.39, 0.29) is 17.7 Å². The predicted octanol–water partition coefficient (Wildman–Crippen LogP) is 1.90. The molecule has 1 aliphatic rings. The molecule has 1 unspecified atom stereocenters. The highest BCUT2D eigenvalue weighted by Crippen LogP contribution is 2.15. The topological polar surface area (TPSA) is 69.7 Å². The molecule has 1 saturated heterocycles. The first kappa shape index (κ1) is 20.0. The minimum Gasteiger partial charge on any atom is -0.350 e. The summed E-state index contributed by atoms with van der Waals surface area (Å²) < 4.78 is 26.8. The quantitative estimate of drug-likeness (QED) is 0.761. The number of amides is 1. The minimum absolute atomic E-state index is 0.0185. The van der Waals surface area contributed by atoms with Crippen LogP contribution in [0.25, 0.3) is 0 Å². The van der Waals surface area contributed by atoms with Crippen LogP contribution in [0.2, 0.25) is 0 Å². The lowest BCUT2D eigenvalue weighted by Gasteiger charge is -2.36. The average molecular weight is 408 g/mol. The van der Waals surface area contributed by atoms with Crippen LogP contribution < -0.4 is 5.32 Å². The molecule has 0 radical (unpaired) electrons. The van der Waals surface area contributed by atoms with Crippen LogP contribution in [0.5, 0.6) is 0 Å². The lowest BCUT2D eigenvalue weighted by Crippen LogP contribution is -2.54. The SMILES string of the molecule is CC(C(=O)NCc1cccs1)N1CCN(S(=O)(=O)Cc2ccccc2)CC1. The Labute approximate surface area is 164 Å². The summed E-state index contributed by atoms with van der Waals surface area (Å²) in [5.74, 6) is -0.00554. The lowest BCUT2D eigenvalue weighted by molar-refractivity contribution is -0.126. The van der Waals surface area contributed by atoms with Gasteiger partial charge in [-0.2, -0.15) is 4.31 Å². The molecule has 0 saturated carbocycles. The van der Waals surface area contributed by atoms with E-state index >= 15 is 0 Å². The van der Waals surface area contributed by atoms with Crippen molar-refractivity contribution in [3.8, 4) is 0 Å². The van der Waals surface area contributed by atoms with Gasteiger partial charge in [0.1, 0.15) is 0 Å². The summed E-state index contributed by atoms with van der Waals surface area (Å²) in [5, 5.41) is 4.94. The zero-order valence-electron chi connectivity index (χ0n) is 15.4. The number of thiophene rings is 1. The molecule has 1 N–H and O–H groups in total. The van der Waals surface area contributed by atoms with E-state index in [0.29, 0.717) is 32.7 Å². The first-order valence-corrected chi connectivity index (χ1v) is 11.5. The number of rotatable bonds is 7. The van der Waals surface area contributed by atoms with E-state index in [4.69, 9.17) is 0 Å². The van der Waals surface area contributed by atoms with Gasteiger partial charge in [-0.05, 0) is 23.9 Å². The highest BCUT2D eigenvalue weighted by Gasteiger charge is 2.30. The second kappa shape index (κ2) is 8.97. The zero-order chi connectivity index (χ0) is 19.3. The molecule has 8 heteroatoms. The first-order valence-electron chi connectivity index (χ1n) is 9.01. The molecule has 3 rings (SSSR count). The Morgan fingerprint density at radius 1 is 1.11 bits per heavy atom. The van der Waals surface area contributed by atoms with E-state index in [0.717, 1.165) is 10.4 Å². The molecule has 0 aliphatic carbocycles. The molecule has 2 heterocycles. The largest absolute Gasteiger partial charge is 0.350 e. The maximum atomic E-state index is 12.6. The van der Waals surface area contributed by atoms with Crippen molar-refractivity contribution in [3.63, 3.8) is 0 Å². The van der Waals surface area contributed by atoms with Gasteiger partial charge in [-0.25, -0.2) is 8.42 Å². The third kappa shape index (κ3) is 5.38. The number of nitrogens with one attached hydrogen (secondary N) is 1. The summed E-state index contributed by atoms with van der Waals surface area (Å²) in [6.07, 6.45) is 0. The van der Waals surface area contributed by atoms with Gasteiger partial charge in [-0.15, -0.1) is 11.3 Å². The van der Waals surface area contributed by atoms with Crippen molar-refractivity contribution in [2.45, 2.75) is 25.3 Å². The Morgan fingerprint density at radius 2 is 1.81 bits per heavy atom. The van der Waals surface area contributed by atoms with Gasteiger partial charge < -0.3 is 5.32 Å². The molecule has 0 spiro atoms. The molecule has 0 bridgehead atoms. The number of hydrogen-bond acceptors (Lipinski definition) is 5. The zero-order valence-corrected chi connectivity index (χ0v) is 17.0. The summed E-state index contributed by atoms with van der Waals surface area (Å²) in [6.45, 7) is 4.35. The van der Waals surface area contributed by atoms with Crippen molar-refractivity contribution in [1.82, 2.24) is 14.5 Å². The second-order valence-electron chi connectivity index (χ2n) is 6.65. The number of carbonyl (C=O) groups is 1. The smallest absolute Gasteiger partial charge is 0.237 e. The molecule has 1 fully saturated rings. The molecule has 146 valence electrons. The van der Waals surface area contributed by atoms with Crippen molar-refractivity contribution < 1.29 is 13.2 Å². The van der Waals surface area contributed by atoms with Gasteiger partial charge in [0.15, 0.2) is 0 Å². The highest BCUT2D eigenvalue weighted by atomic mass is 32.2. The molecule has 1 aromatic heterocycles. The van der Waals surface area contributed by atoms with Gasteiger partial charge in [0.05, 0.1) is 18.3 Å². The molecule has 1 aromatic carbocycles. The molecule has 2 aromatic rings. The monoisotopic (exact) mass is 407 g/mol. The Kier molecular flexibility index (Phi) is 6.64. The lowest BCUT2D eigenvalue weighted by atomic mass is 10.2. The Balaban J connectivity index is 1.49. The van der Waals surface area contributed by atoms with Gasteiger partial charge in [0.25, 0.3) is 0 Å². The van der Waals surface area contributed by atoms with Crippen molar-refractivity contribution in [2.75, 3.05) is 26.2 Å². The number of carbonyl (C=O) groups excluding carboxylic acids is 1. The second-order valence-corrected chi connectivity index (χ2v) is 9.65. The first-order chi connectivity index (χ1) is 13.0. The molecule has 1 aliphatic heterocycles. The van der Waals surface area contributed by atoms with Crippen molar-refractivity contribution in [2.24, 2.45) is 0 Å². The maximum Gasteiger partial charge on any atom is 0.237 e. The fourth-order valence-electron chi connectivity index (χ4n) is 3.15. The number of hydrogen-bond donors (Lipinski definition) is 1. The molecular weight excluding hydrogens is 382 g/mol. The Bertz CT molecular complexity index is 830. The molecule has 1 atom stereocenters.